The van der Waals surface area contributed by atoms with E-state index in [-0.39, 0.29) is 18.0 Å². The molecule has 0 radical (unpaired) electrons. The zero-order chi connectivity index (χ0) is 29.4. The second-order valence-electron chi connectivity index (χ2n) is 9.93. The standard InChI is InChI=1S/C33H28FN3O3S2/c1-4-40-32(39)29-20(2)35-33-37(30(29)22-11-15-25(41-3)16-12-22)31(38)28(42-33)17-23-19-36(27-8-6-5-7-26(23)27)18-21-9-13-24(34)14-10-21/h5-17,19,30H,4,18H2,1-3H3/b28-17+/t30-/m1/s1. The normalized spacial score (nSPS) is 15.1. The lowest BCUT2D eigenvalue weighted by Gasteiger charge is -2.24. The van der Waals surface area contributed by atoms with Crippen LogP contribution in [0.15, 0.2) is 105 Å². The summed E-state index contributed by atoms with van der Waals surface area (Å²) in [5.74, 6) is -0.747. The van der Waals surface area contributed by atoms with Gasteiger partial charge in [0.05, 0.1) is 28.5 Å². The Balaban J connectivity index is 1.50. The van der Waals surface area contributed by atoms with Crippen molar-refractivity contribution >= 4 is 46.0 Å². The second kappa shape index (κ2) is 11.6. The largest absolute Gasteiger partial charge is 0.463 e. The van der Waals surface area contributed by atoms with Crippen molar-refractivity contribution in [3.8, 4) is 0 Å². The third-order valence-electron chi connectivity index (χ3n) is 7.32. The molecule has 3 aromatic carbocycles. The van der Waals surface area contributed by atoms with E-state index in [1.807, 2.05) is 67.1 Å². The van der Waals surface area contributed by atoms with Crippen LogP contribution in [0.1, 0.15) is 36.6 Å². The molecular weight excluding hydrogens is 570 g/mol. The molecule has 0 spiro atoms. The van der Waals surface area contributed by atoms with Crippen LogP contribution in [0.2, 0.25) is 0 Å². The maximum atomic E-state index is 14.1. The number of nitrogens with zero attached hydrogens (tertiary/aromatic N) is 3. The van der Waals surface area contributed by atoms with Crippen LogP contribution in [0.25, 0.3) is 17.0 Å². The van der Waals surface area contributed by atoms with Gasteiger partial charge in [0, 0.05) is 34.1 Å². The lowest BCUT2D eigenvalue weighted by Crippen LogP contribution is -2.39. The fourth-order valence-corrected chi connectivity index (χ4v) is 6.79. The average molecular weight is 598 g/mol. The van der Waals surface area contributed by atoms with Crippen LogP contribution in [-0.2, 0) is 16.1 Å². The number of esters is 1. The number of aromatic nitrogens is 2. The number of halogens is 1. The van der Waals surface area contributed by atoms with Gasteiger partial charge in [0.2, 0.25) is 0 Å². The minimum Gasteiger partial charge on any atom is -0.463 e. The summed E-state index contributed by atoms with van der Waals surface area (Å²) < 4.78 is 23.1. The van der Waals surface area contributed by atoms with E-state index >= 15 is 0 Å². The summed E-state index contributed by atoms with van der Waals surface area (Å²) >= 11 is 2.93. The SMILES string of the molecule is CCOC(=O)C1=C(C)N=c2s/c(=C/c3cn(Cc4ccc(F)cc4)c4ccccc34)c(=O)n2[C@@H]1c1ccc(SC)cc1. The molecule has 0 fully saturated rings. The van der Waals surface area contributed by atoms with Crippen LogP contribution >= 0.6 is 23.1 Å². The van der Waals surface area contributed by atoms with Crippen LogP contribution < -0.4 is 14.9 Å². The molecule has 0 N–H and O–H groups in total. The molecule has 5 aromatic rings. The van der Waals surface area contributed by atoms with E-state index in [1.54, 1.807) is 42.3 Å². The van der Waals surface area contributed by atoms with Crippen molar-refractivity contribution < 1.29 is 13.9 Å². The van der Waals surface area contributed by atoms with Gasteiger partial charge in [-0.25, -0.2) is 14.2 Å². The zero-order valence-corrected chi connectivity index (χ0v) is 25.0. The Bertz CT molecular complexity index is 2020. The molecule has 1 aliphatic rings. The van der Waals surface area contributed by atoms with Crippen molar-refractivity contribution in [1.29, 1.82) is 0 Å². The van der Waals surface area contributed by atoms with Crippen molar-refractivity contribution in [2.45, 2.75) is 31.3 Å². The number of benzene rings is 3. The van der Waals surface area contributed by atoms with Crippen molar-refractivity contribution in [2.75, 3.05) is 12.9 Å². The zero-order valence-electron chi connectivity index (χ0n) is 23.3. The molecule has 0 amide bonds. The number of ether oxygens (including phenoxy) is 1. The summed E-state index contributed by atoms with van der Waals surface area (Å²) in [7, 11) is 0. The maximum absolute atomic E-state index is 14.1. The van der Waals surface area contributed by atoms with E-state index < -0.39 is 12.0 Å². The Kier molecular flexibility index (Phi) is 7.70. The number of thiazole rings is 1. The number of fused-ring (bicyclic) bond motifs is 2. The van der Waals surface area contributed by atoms with Crippen LogP contribution in [-0.4, -0.2) is 28.0 Å². The first-order valence-electron chi connectivity index (χ1n) is 13.5. The molecule has 212 valence electrons. The quantitative estimate of drug-likeness (QED) is 0.179. The smallest absolute Gasteiger partial charge is 0.338 e. The highest BCUT2D eigenvalue weighted by molar-refractivity contribution is 7.98. The Hall–Kier alpha value is -4.21. The molecule has 1 aliphatic heterocycles. The molecule has 9 heteroatoms. The van der Waals surface area contributed by atoms with E-state index in [1.165, 1.54) is 23.5 Å². The lowest BCUT2D eigenvalue weighted by molar-refractivity contribution is -0.139. The van der Waals surface area contributed by atoms with Crippen molar-refractivity contribution in [3.63, 3.8) is 0 Å². The first kappa shape index (κ1) is 27.9. The minimum atomic E-state index is -0.654. The summed E-state index contributed by atoms with van der Waals surface area (Å²) in [4.78, 5) is 33.6. The van der Waals surface area contributed by atoms with Gasteiger partial charge in [-0.2, -0.15) is 0 Å². The van der Waals surface area contributed by atoms with E-state index in [4.69, 9.17) is 9.73 Å². The summed E-state index contributed by atoms with van der Waals surface area (Å²) in [6, 6.07) is 21.7. The molecule has 0 bridgehead atoms. The van der Waals surface area contributed by atoms with Gasteiger partial charge in [-0.05, 0) is 67.6 Å². The van der Waals surface area contributed by atoms with Gasteiger partial charge in [0.25, 0.3) is 5.56 Å². The number of hydrogen-bond donors (Lipinski definition) is 0. The molecule has 0 aliphatic carbocycles. The predicted octanol–water partition coefficient (Wildman–Crippen LogP) is 5.66. The fraction of sp³-hybridized carbons (Fsp3) is 0.182. The van der Waals surface area contributed by atoms with Crippen LogP contribution in [0, 0.1) is 5.82 Å². The van der Waals surface area contributed by atoms with Gasteiger partial charge in [-0.1, -0.05) is 53.8 Å². The fourth-order valence-electron chi connectivity index (χ4n) is 5.34. The number of allylic oxidation sites excluding steroid dienone is 1. The number of carbonyl (C=O) groups is 1. The highest BCUT2D eigenvalue weighted by atomic mass is 32.2. The molecular formula is C33H28FN3O3S2. The van der Waals surface area contributed by atoms with Gasteiger partial charge in [-0.3, -0.25) is 9.36 Å². The molecule has 0 saturated carbocycles. The molecule has 6 nitrogen and oxygen atoms in total. The maximum Gasteiger partial charge on any atom is 0.338 e. The Labute approximate surface area is 250 Å². The van der Waals surface area contributed by atoms with Crippen molar-refractivity contribution in [2.24, 2.45) is 4.99 Å². The highest BCUT2D eigenvalue weighted by Gasteiger charge is 2.33. The summed E-state index contributed by atoms with van der Waals surface area (Å²) in [6.07, 6.45) is 5.91. The average Bonchev–Trinajstić information content (AvgIpc) is 3.50. The van der Waals surface area contributed by atoms with E-state index in [0.29, 0.717) is 27.1 Å². The van der Waals surface area contributed by atoms with Gasteiger partial charge < -0.3 is 9.30 Å². The molecule has 1 atom stereocenters. The molecule has 3 heterocycles. The molecule has 42 heavy (non-hydrogen) atoms. The topological polar surface area (TPSA) is 65.6 Å². The third-order valence-corrected chi connectivity index (χ3v) is 9.05. The van der Waals surface area contributed by atoms with Crippen molar-refractivity contribution in [3.05, 3.63) is 132 Å². The number of para-hydroxylation sites is 1. The summed E-state index contributed by atoms with van der Waals surface area (Å²) in [5.41, 5.74) is 4.36. The number of rotatable bonds is 7. The molecule has 2 aromatic heterocycles. The third kappa shape index (κ3) is 5.14. The van der Waals surface area contributed by atoms with Gasteiger partial charge in [-0.15, -0.1) is 11.8 Å². The molecule has 0 unspecified atom stereocenters. The number of carbonyl (C=O) groups excluding carboxylic acids is 1. The Morgan fingerprint density at radius 2 is 1.83 bits per heavy atom. The van der Waals surface area contributed by atoms with Crippen LogP contribution in [0.4, 0.5) is 4.39 Å². The van der Waals surface area contributed by atoms with E-state index in [2.05, 4.69) is 4.57 Å². The van der Waals surface area contributed by atoms with Gasteiger partial charge in [0.15, 0.2) is 4.80 Å². The molecule has 0 saturated heterocycles. The predicted molar refractivity (Wildman–Crippen MR) is 166 cm³/mol. The lowest BCUT2D eigenvalue weighted by atomic mass is 9.96. The first-order valence-corrected chi connectivity index (χ1v) is 15.6. The Morgan fingerprint density at radius 3 is 2.55 bits per heavy atom. The summed E-state index contributed by atoms with van der Waals surface area (Å²) in [6.45, 7) is 4.33. The second-order valence-corrected chi connectivity index (χ2v) is 11.8. The van der Waals surface area contributed by atoms with Gasteiger partial charge in [0.1, 0.15) is 5.82 Å². The first-order chi connectivity index (χ1) is 20.4. The number of hydrogen-bond acceptors (Lipinski definition) is 6. The van der Waals surface area contributed by atoms with E-state index in [0.717, 1.165) is 32.5 Å². The van der Waals surface area contributed by atoms with Gasteiger partial charge >= 0.3 is 5.97 Å². The Morgan fingerprint density at radius 1 is 1.10 bits per heavy atom. The number of thioether (sulfide) groups is 1. The van der Waals surface area contributed by atoms with Crippen LogP contribution in [0.3, 0.4) is 0 Å². The monoisotopic (exact) mass is 597 g/mol. The minimum absolute atomic E-state index is 0.220. The summed E-state index contributed by atoms with van der Waals surface area (Å²) in [5, 5.41) is 0.998. The molecule has 6 rings (SSSR count). The van der Waals surface area contributed by atoms with Crippen LogP contribution in [0.5, 0.6) is 0 Å². The van der Waals surface area contributed by atoms with Crippen molar-refractivity contribution in [1.82, 2.24) is 9.13 Å². The highest BCUT2D eigenvalue weighted by Crippen LogP contribution is 2.32. The van der Waals surface area contributed by atoms with E-state index in [9.17, 15) is 14.0 Å².